The van der Waals surface area contributed by atoms with Crippen LogP contribution in [-0.2, 0) is 6.54 Å². The maximum absolute atomic E-state index is 8.85. The summed E-state index contributed by atoms with van der Waals surface area (Å²) >= 11 is 0. The van der Waals surface area contributed by atoms with Gasteiger partial charge in [-0.05, 0) is 30.5 Å². The largest absolute Gasteiger partial charge is 0.489 e. The lowest BCUT2D eigenvalue weighted by Crippen LogP contribution is -2.01. The van der Waals surface area contributed by atoms with Crippen molar-refractivity contribution in [2.45, 2.75) is 25.5 Å². The highest BCUT2D eigenvalue weighted by molar-refractivity contribution is 5.45. The molecule has 14 heavy (non-hydrogen) atoms. The van der Waals surface area contributed by atoms with Gasteiger partial charge in [0.25, 0.3) is 0 Å². The minimum atomic E-state index is 0.315. The summed E-state index contributed by atoms with van der Waals surface area (Å²) in [5, 5.41) is 8.85. The van der Waals surface area contributed by atoms with Crippen LogP contribution >= 0.6 is 0 Å². The summed E-state index contributed by atoms with van der Waals surface area (Å²) in [4.78, 5) is 0. The number of hydrogen-bond acceptors (Lipinski definition) is 3. The van der Waals surface area contributed by atoms with E-state index in [4.69, 9.17) is 15.7 Å². The fourth-order valence-electron chi connectivity index (χ4n) is 1.25. The van der Waals surface area contributed by atoms with Crippen LogP contribution in [0.1, 0.15) is 24.0 Å². The Morgan fingerprint density at radius 1 is 1.50 bits per heavy atom. The van der Waals surface area contributed by atoms with Crippen molar-refractivity contribution >= 4 is 0 Å². The molecule has 3 heteroatoms. The lowest BCUT2D eigenvalue weighted by molar-refractivity contribution is 0.302. The van der Waals surface area contributed by atoms with Crippen molar-refractivity contribution in [2.75, 3.05) is 0 Å². The predicted molar refractivity (Wildman–Crippen MR) is 52.7 cm³/mol. The Bertz CT molecular complexity index is 377. The molecule has 72 valence electrons. The molecule has 0 amide bonds. The van der Waals surface area contributed by atoms with Gasteiger partial charge in [-0.25, -0.2) is 0 Å². The monoisotopic (exact) mass is 188 g/mol. The topological polar surface area (TPSA) is 59.0 Å². The zero-order valence-electron chi connectivity index (χ0n) is 7.86. The molecule has 0 aromatic heterocycles. The van der Waals surface area contributed by atoms with Gasteiger partial charge in [0.05, 0.1) is 11.7 Å². The molecule has 1 aliphatic carbocycles. The second kappa shape index (κ2) is 3.69. The van der Waals surface area contributed by atoms with Gasteiger partial charge in [-0.1, -0.05) is 6.07 Å². The van der Waals surface area contributed by atoms with E-state index in [0.29, 0.717) is 24.0 Å². The van der Waals surface area contributed by atoms with Crippen LogP contribution in [0.3, 0.4) is 0 Å². The van der Waals surface area contributed by atoms with E-state index in [9.17, 15) is 0 Å². The van der Waals surface area contributed by atoms with Crippen molar-refractivity contribution in [1.82, 2.24) is 0 Å². The van der Waals surface area contributed by atoms with Gasteiger partial charge in [0.2, 0.25) is 0 Å². The summed E-state index contributed by atoms with van der Waals surface area (Å²) in [6.07, 6.45) is 2.50. The average Bonchev–Trinajstić information content (AvgIpc) is 3.01. The van der Waals surface area contributed by atoms with Crippen LogP contribution in [0.4, 0.5) is 0 Å². The molecular formula is C11H12N2O. The third-order valence-electron chi connectivity index (χ3n) is 2.22. The van der Waals surface area contributed by atoms with Crippen LogP contribution in [0.15, 0.2) is 18.2 Å². The molecule has 0 aliphatic heterocycles. The number of hydrogen-bond donors (Lipinski definition) is 1. The van der Waals surface area contributed by atoms with Gasteiger partial charge in [-0.3, -0.25) is 0 Å². The zero-order valence-corrected chi connectivity index (χ0v) is 7.86. The molecule has 3 nitrogen and oxygen atoms in total. The van der Waals surface area contributed by atoms with Crippen LogP contribution in [0.25, 0.3) is 0 Å². The van der Waals surface area contributed by atoms with E-state index in [2.05, 4.69) is 6.07 Å². The molecule has 0 radical (unpaired) electrons. The molecule has 0 unspecified atom stereocenters. The molecule has 0 bridgehead atoms. The highest BCUT2D eigenvalue weighted by Crippen LogP contribution is 2.29. The molecule has 1 aromatic carbocycles. The van der Waals surface area contributed by atoms with Crippen molar-refractivity contribution < 1.29 is 4.74 Å². The first-order chi connectivity index (χ1) is 6.83. The number of nitriles is 1. The van der Waals surface area contributed by atoms with Gasteiger partial charge in [-0.2, -0.15) is 5.26 Å². The third-order valence-corrected chi connectivity index (χ3v) is 2.22. The number of benzene rings is 1. The molecule has 0 saturated heterocycles. The minimum absolute atomic E-state index is 0.315. The van der Waals surface area contributed by atoms with Crippen LogP contribution in [0, 0.1) is 11.3 Å². The summed E-state index contributed by atoms with van der Waals surface area (Å²) in [7, 11) is 0. The molecule has 0 spiro atoms. The fraction of sp³-hybridized carbons (Fsp3) is 0.364. The average molecular weight is 188 g/mol. The molecule has 2 N–H and O–H groups in total. The van der Waals surface area contributed by atoms with Crippen molar-refractivity contribution in [3.05, 3.63) is 29.3 Å². The van der Waals surface area contributed by atoms with Crippen LogP contribution in [-0.4, -0.2) is 6.10 Å². The van der Waals surface area contributed by atoms with E-state index < -0.39 is 0 Å². The maximum Gasteiger partial charge on any atom is 0.137 e. The van der Waals surface area contributed by atoms with Gasteiger partial charge in [0.15, 0.2) is 0 Å². The quantitative estimate of drug-likeness (QED) is 0.783. The van der Waals surface area contributed by atoms with Gasteiger partial charge < -0.3 is 10.5 Å². The van der Waals surface area contributed by atoms with Gasteiger partial charge in [-0.15, -0.1) is 0 Å². The van der Waals surface area contributed by atoms with Gasteiger partial charge in [0, 0.05) is 6.54 Å². The van der Waals surface area contributed by atoms with Crippen LogP contribution in [0.5, 0.6) is 5.75 Å². The Labute approximate surface area is 83.1 Å². The van der Waals surface area contributed by atoms with E-state index in [0.717, 1.165) is 18.4 Å². The minimum Gasteiger partial charge on any atom is -0.489 e. The number of nitrogens with zero attached hydrogens (tertiary/aromatic N) is 1. The lowest BCUT2D eigenvalue weighted by atomic mass is 10.1. The summed E-state index contributed by atoms with van der Waals surface area (Å²) in [5.74, 6) is 0.679. The predicted octanol–water partition coefficient (Wildman–Crippen LogP) is 1.56. The van der Waals surface area contributed by atoms with Crippen LogP contribution < -0.4 is 10.5 Å². The molecule has 1 fully saturated rings. The van der Waals surface area contributed by atoms with E-state index in [-0.39, 0.29) is 0 Å². The molecular weight excluding hydrogens is 176 g/mol. The van der Waals surface area contributed by atoms with E-state index in [1.54, 1.807) is 6.07 Å². The summed E-state index contributed by atoms with van der Waals surface area (Å²) in [6, 6.07) is 7.60. The second-order valence-corrected chi connectivity index (χ2v) is 3.46. The van der Waals surface area contributed by atoms with Crippen molar-refractivity contribution in [3.63, 3.8) is 0 Å². The molecule has 1 saturated carbocycles. The van der Waals surface area contributed by atoms with E-state index >= 15 is 0 Å². The Balaban J connectivity index is 2.27. The standard InChI is InChI=1S/C11H12N2O/c12-6-8-1-2-9(7-13)11(5-8)14-10-3-4-10/h1-2,5,10H,3-4,6,12H2. The number of ether oxygens (including phenoxy) is 1. The Hall–Kier alpha value is -1.53. The highest BCUT2D eigenvalue weighted by atomic mass is 16.5. The van der Waals surface area contributed by atoms with Gasteiger partial charge >= 0.3 is 0 Å². The Kier molecular flexibility index (Phi) is 2.38. The molecule has 0 heterocycles. The van der Waals surface area contributed by atoms with Crippen molar-refractivity contribution in [2.24, 2.45) is 5.73 Å². The SMILES string of the molecule is N#Cc1ccc(CN)cc1OC1CC1. The van der Waals surface area contributed by atoms with Crippen LogP contribution in [0.2, 0.25) is 0 Å². The van der Waals surface area contributed by atoms with Crippen molar-refractivity contribution in [1.29, 1.82) is 5.26 Å². The molecule has 2 rings (SSSR count). The third kappa shape index (κ3) is 1.86. The smallest absolute Gasteiger partial charge is 0.137 e. The lowest BCUT2D eigenvalue weighted by Gasteiger charge is -2.07. The van der Waals surface area contributed by atoms with E-state index in [1.807, 2.05) is 12.1 Å². The first-order valence-corrected chi connectivity index (χ1v) is 4.73. The second-order valence-electron chi connectivity index (χ2n) is 3.46. The Morgan fingerprint density at radius 3 is 2.86 bits per heavy atom. The fourth-order valence-corrected chi connectivity index (χ4v) is 1.25. The maximum atomic E-state index is 8.85. The summed E-state index contributed by atoms with van der Waals surface area (Å²) < 4.78 is 5.61. The Morgan fingerprint density at radius 2 is 2.29 bits per heavy atom. The molecule has 1 aliphatic rings. The summed E-state index contributed by atoms with van der Waals surface area (Å²) in [5.41, 5.74) is 7.11. The van der Waals surface area contributed by atoms with Crippen molar-refractivity contribution in [3.8, 4) is 11.8 Å². The normalized spacial score (nSPS) is 14.9. The zero-order chi connectivity index (χ0) is 9.97. The molecule has 1 aromatic rings. The first kappa shape index (κ1) is 9.04. The molecule has 0 atom stereocenters. The summed E-state index contributed by atoms with van der Waals surface area (Å²) in [6.45, 7) is 0.479. The first-order valence-electron chi connectivity index (χ1n) is 4.73. The number of rotatable bonds is 3. The highest BCUT2D eigenvalue weighted by Gasteiger charge is 2.24. The number of nitrogens with two attached hydrogens (primary N) is 1. The van der Waals surface area contributed by atoms with E-state index in [1.165, 1.54) is 0 Å². The van der Waals surface area contributed by atoms with Gasteiger partial charge in [0.1, 0.15) is 11.8 Å².